The summed E-state index contributed by atoms with van der Waals surface area (Å²) in [7, 11) is 0. The third-order valence-corrected chi connectivity index (χ3v) is 4.22. The number of ether oxygens (including phenoxy) is 1. The van der Waals surface area contributed by atoms with Crippen molar-refractivity contribution in [1.82, 2.24) is 20.2 Å². The smallest absolute Gasteiger partial charge is 0.387 e. The predicted molar refractivity (Wildman–Crippen MR) is 84.1 cm³/mol. The number of nitrogens with zero attached hydrogens (tertiary/aromatic N) is 3. The van der Waals surface area contributed by atoms with Crippen molar-refractivity contribution in [2.45, 2.75) is 30.7 Å². The fourth-order valence-electron chi connectivity index (χ4n) is 1.98. The summed E-state index contributed by atoms with van der Waals surface area (Å²) in [5.41, 5.74) is 0.598. The van der Waals surface area contributed by atoms with Crippen LogP contribution in [0.2, 0.25) is 0 Å². The maximum Gasteiger partial charge on any atom is 0.387 e. The molecule has 0 unspecified atom stereocenters. The Labute approximate surface area is 140 Å². The molecule has 0 radical (unpaired) electrons. The van der Waals surface area contributed by atoms with Crippen molar-refractivity contribution in [3.8, 4) is 17.1 Å². The van der Waals surface area contributed by atoms with Crippen molar-refractivity contribution in [2.75, 3.05) is 11.6 Å². The van der Waals surface area contributed by atoms with E-state index in [1.807, 2.05) is 0 Å². The Morgan fingerprint density at radius 2 is 2.08 bits per heavy atom. The first-order chi connectivity index (χ1) is 11.5. The molecule has 1 aromatic heterocycles. The number of benzene rings is 1. The maximum absolute atomic E-state index is 12.1. The van der Waals surface area contributed by atoms with Gasteiger partial charge in [-0.25, -0.2) is 4.68 Å². The minimum atomic E-state index is -2.88. The highest BCUT2D eigenvalue weighted by Crippen LogP contribution is 2.24. The third kappa shape index (κ3) is 4.13. The van der Waals surface area contributed by atoms with Crippen LogP contribution in [0, 0.1) is 0 Å². The van der Waals surface area contributed by atoms with Gasteiger partial charge in [-0.1, -0.05) is 11.8 Å². The van der Waals surface area contributed by atoms with Gasteiger partial charge in [0.1, 0.15) is 5.75 Å². The van der Waals surface area contributed by atoms with Crippen LogP contribution in [-0.4, -0.2) is 39.2 Å². The molecule has 24 heavy (non-hydrogen) atoms. The van der Waals surface area contributed by atoms with Gasteiger partial charge in [0, 0.05) is 11.6 Å². The summed E-state index contributed by atoms with van der Waals surface area (Å²) in [6, 6.07) is 6.20. The number of nitrogen functional groups attached to an aromatic ring is 1. The van der Waals surface area contributed by atoms with Gasteiger partial charge in [0.25, 0.3) is 0 Å². The van der Waals surface area contributed by atoms with Crippen molar-refractivity contribution < 1.29 is 18.3 Å². The Balaban J connectivity index is 1.64. The van der Waals surface area contributed by atoms with Gasteiger partial charge >= 0.3 is 6.61 Å². The molecule has 1 aliphatic rings. The van der Waals surface area contributed by atoms with E-state index in [2.05, 4.69) is 20.3 Å². The average molecular weight is 355 g/mol. The van der Waals surface area contributed by atoms with E-state index in [-0.39, 0.29) is 17.4 Å². The van der Waals surface area contributed by atoms with Crippen molar-refractivity contribution >= 4 is 17.7 Å². The van der Waals surface area contributed by atoms with Crippen LogP contribution in [0.4, 0.5) is 8.78 Å². The number of carbonyl (C=O) groups excluding carboxylic acids is 1. The van der Waals surface area contributed by atoms with Crippen LogP contribution in [0.1, 0.15) is 12.8 Å². The quantitative estimate of drug-likeness (QED) is 0.579. The highest BCUT2D eigenvalue weighted by Gasteiger charge is 2.23. The van der Waals surface area contributed by atoms with Gasteiger partial charge in [-0.05, 0) is 37.1 Å². The second kappa shape index (κ2) is 7.04. The van der Waals surface area contributed by atoms with E-state index in [0.717, 1.165) is 12.8 Å². The summed E-state index contributed by atoms with van der Waals surface area (Å²) in [6.07, 6.45) is 2.05. The van der Waals surface area contributed by atoms with E-state index in [4.69, 9.17) is 5.84 Å². The van der Waals surface area contributed by atoms with Gasteiger partial charge in [0.15, 0.2) is 5.82 Å². The predicted octanol–water partition coefficient (Wildman–Crippen LogP) is 1.63. The maximum atomic E-state index is 12.1. The summed E-state index contributed by atoms with van der Waals surface area (Å²) in [5, 5.41) is 11.2. The lowest BCUT2D eigenvalue weighted by Gasteiger charge is -2.06. The van der Waals surface area contributed by atoms with E-state index in [1.54, 1.807) is 12.1 Å². The van der Waals surface area contributed by atoms with E-state index in [1.165, 1.54) is 28.6 Å². The van der Waals surface area contributed by atoms with Gasteiger partial charge in [-0.2, -0.15) is 8.78 Å². The van der Waals surface area contributed by atoms with Crippen LogP contribution in [0.5, 0.6) is 5.75 Å². The fourth-order valence-corrected chi connectivity index (χ4v) is 2.65. The van der Waals surface area contributed by atoms with Crippen molar-refractivity contribution in [2.24, 2.45) is 0 Å². The Kier molecular flexibility index (Phi) is 4.84. The number of thioether (sulfide) groups is 1. The van der Waals surface area contributed by atoms with E-state index in [9.17, 15) is 13.6 Å². The number of hydrogen-bond donors (Lipinski definition) is 2. The molecule has 1 heterocycles. The summed E-state index contributed by atoms with van der Waals surface area (Å²) in [5.74, 6) is 6.48. The topological polar surface area (TPSA) is 95.1 Å². The molecule has 0 spiro atoms. The highest BCUT2D eigenvalue weighted by molar-refractivity contribution is 7.99. The molecule has 1 fully saturated rings. The zero-order chi connectivity index (χ0) is 17.1. The molecule has 7 nitrogen and oxygen atoms in total. The molecule has 0 bridgehead atoms. The molecule has 1 amide bonds. The normalized spacial score (nSPS) is 14.0. The van der Waals surface area contributed by atoms with Crippen LogP contribution in [-0.2, 0) is 4.79 Å². The fraction of sp³-hybridized carbons (Fsp3) is 0.357. The van der Waals surface area contributed by atoms with E-state index in [0.29, 0.717) is 22.6 Å². The number of nitrogens with two attached hydrogens (primary N) is 1. The van der Waals surface area contributed by atoms with Crippen molar-refractivity contribution in [3.05, 3.63) is 24.3 Å². The van der Waals surface area contributed by atoms with Crippen LogP contribution in [0.15, 0.2) is 29.4 Å². The van der Waals surface area contributed by atoms with Crippen LogP contribution in [0.25, 0.3) is 11.4 Å². The monoisotopic (exact) mass is 355 g/mol. The summed E-state index contributed by atoms with van der Waals surface area (Å²) >= 11 is 1.18. The largest absolute Gasteiger partial charge is 0.435 e. The lowest BCUT2D eigenvalue weighted by Crippen LogP contribution is -2.27. The van der Waals surface area contributed by atoms with E-state index < -0.39 is 6.61 Å². The SMILES string of the molecule is Nn1c(SCC(=O)NC2CC2)nnc1-c1ccc(OC(F)F)cc1. The number of rotatable bonds is 7. The molecule has 0 saturated heterocycles. The van der Waals surface area contributed by atoms with Gasteiger partial charge in [0.05, 0.1) is 5.75 Å². The van der Waals surface area contributed by atoms with Crippen LogP contribution < -0.4 is 15.9 Å². The number of hydrogen-bond acceptors (Lipinski definition) is 6. The second-order valence-electron chi connectivity index (χ2n) is 5.21. The number of aromatic nitrogens is 3. The van der Waals surface area contributed by atoms with Crippen molar-refractivity contribution in [3.63, 3.8) is 0 Å². The number of alkyl halides is 2. The molecule has 1 aromatic carbocycles. The van der Waals surface area contributed by atoms with Crippen LogP contribution in [0.3, 0.4) is 0 Å². The Bertz CT molecular complexity index is 718. The first-order valence-corrected chi connectivity index (χ1v) is 8.19. The molecular weight excluding hydrogens is 340 g/mol. The summed E-state index contributed by atoms with van der Waals surface area (Å²) < 4.78 is 29.8. The number of carbonyl (C=O) groups is 1. The molecule has 3 rings (SSSR count). The first kappa shape index (κ1) is 16.5. The zero-order valence-corrected chi connectivity index (χ0v) is 13.3. The average Bonchev–Trinajstić information content (AvgIpc) is 3.27. The van der Waals surface area contributed by atoms with E-state index >= 15 is 0 Å². The highest BCUT2D eigenvalue weighted by atomic mass is 32.2. The minimum Gasteiger partial charge on any atom is -0.435 e. The lowest BCUT2D eigenvalue weighted by atomic mass is 10.2. The number of halogens is 2. The van der Waals surface area contributed by atoms with Crippen LogP contribution >= 0.6 is 11.8 Å². The molecule has 128 valence electrons. The zero-order valence-electron chi connectivity index (χ0n) is 12.5. The molecule has 10 heteroatoms. The third-order valence-electron chi connectivity index (χ3n) is 3.28. The van der Waals surface area contributed by atoms with Gasteiger partial charge in [0.2, 0.25) is 11.1 Å². The summed E-state index contributed by atoms with van der Waals surface area (Å²) in [6.45, 7) is -2.88. The lowest BCUT2D eigenvalue weighted by molar-refractivity contribution is -0.118. The van der Waals surface area contributed by atoms with Crippen molar-refractivity contribution in [1.29, 1.82) is 0 Å². The first-order valence-electron chi connectivity index (χ1n) is 7.21. The standard InChI is InChI=1S/C14H15F2N5O2S/c15-13(16)23-10-5-1-8(2-6-10)12-19-20-14(21(12)17)24-7-11(22)18-9-3-4-9/h1-2,5-6,9,13H,3-4,7,17H2,(H,18,22). The molecule has 0 aliphatic heterocycles. The second-order valence-corrected chi connectivity index (χ2v) is 6.15. The molecule has 2 aromatic rings. The van der Waals surface area contributed by atoms with Gasteiger partial charge in [-0.3, -0.25) is 4.79 Å². The molecule has 0 atom stereocenters. The molecule has 1 aliphatic carbocycles. The molecule has 3 N–H and O–H groups in total. The molecule has 1 saturated carbocycles. The summed E-state index contributed by atoms with van der Waals surface area (Å²) in [4.78, 5) is 11.7. The molecular formula is C14H15F2N5O2S. The minimum absolute atomic E-state index is 0.0446. The van der Waals surface area contributed by atoms with Gasteiger partial charge in [-0.15, -0.1) is 10.2 Å². The number of nitrogens with one attached hydrogen (secondary N) is 1. The Morgan fingerprint density at radius 1 is 1.38 bits per heavy atom. The Hall–Kier alpha value is -2.36. The number of amides is 1. The van der Waals surface area contributed by atoms with Gasteiger partial charge < -0.3 is 15.9 Å². The Morgan fingerprint density at radius 3 is 2.71 bits per heavy atom.